The Hall–Kier alpha value is -1.10. The summed E-state index contributed by atoms with van der Waals surface area (Å²) >= 11 is 4.82. The topological polar surface area (TPSA) is 69.9 Å². The molecular formula is C5H8N4S. The first-order valence-electron chi connectivity index (χ1n) is 2.70. The molecule has 0 amide bonds. The van der Waals surface area contributed by atoms with Crippen LogP contribution in [0.1, 0.15) is 0 Å². The average Bonchev–Trinajstić information content (AvgIpc) is 1.82. The molecule has 0 saturated carbocycles. The third-order valence-corrected chi connectivity index (χ3v) is 1.56. The first-order valence-corrected chi connectivity index (χ1v) is 3.11. The quantitative estimate of drug-likeness (QED) is 0.530. The van der Waals surface area contributed by atoms with Crippen LogP contribution in [0.15, 0.2) is 6.07 Å². The number of rotatable bonds is 0. The molecule has 1 aromatic rings. The number of nitrogen functional groups attached to an aromatic ring is 2. The summed E-state index contributed by atoms with van der Waals surface area (Å²) in [4.78, 5) is 3.81. The minimum Gasteiger partial charge on any atom is -0.385 e. The van der Waals surface area contributed by atoms with E-state index in [-0.39, 0.29) is 0 Å². The molecule has 5 heteroatoms. The van der Waals surface area contributed by atoms with Crippen molar-refractivity contribution < 1.29 is 0 Å². The van der Waals surface area contributed by atoms with E-state index in [1.54, 1.807) is 17.7 Å². The average molecular weight is 156 g/mol. The Morgan fingerprint density at radius 1 is 1.60 bits per heavy atom. The molecule has 0 atom stereocenters. The fraction of sp³-hybridized carbons (Fsp3) is 0.200. The SMILES string of the molecule is Cn1c(N)cc(N)nc1=S. The molecule has 0 spiro atoms. The summed E-state index contributed by atoms with van der Waals surface area (Å²) in [6.45, 7) is 0. The van der Waals surface area contributed by atoms with Gasteiger partial charge < -0.3 is 16.0 Å². The van der Waals surface area contributed by atoms with Gasteiger partial charge >= 0.3 is 0 Å². The van der Waals surface area contributed by atoms with Gasteiger partial charge in [-0.2, -0.15) is 0 Å². The highest BCUT2D eigenvalue weighted by atomic mass is 32.1. The molecule has 0 radical (unpaired) electrons. The Morgan fingerprint density at radius 3 is 2.70 bits per heavy atom. The fourth-order valence-corrected chi connectivity index (χ4v) is 0.787. The second-order valence-electron chi connectivity index (χ2n) is 1.95. The second kappa shape index (κ2) is 2.26. The van der Waals surface area contributed by atoms with Crippen molar-refractivity contribution in [1.29, 1.82) is 0 Å². The Bertz CT molecular complexity index is 303. The van der Waals surface area contributed by atoms with Crippen LogP contribution < -0.4 is 11.5 Å². The maximum Gasteiger partial charge on any atom is 0.202 e. The van der Waals surface area contributed by atoms with Gasteiger partial charge in [-0.3, -0.25) is 0 Å². The van der Waals surface area contributed by atoms with E-state index in [9.17, 15) is 0 Å². The fourth-order valence-electron chi connectivity index (χ4n) is 0.576. The lowest BCUT2D eigenvalue weighted by atomic mass is 10.5. The van der Waals surface area contributed by atoms with Crippen LogP contribution in [0.4, 0.5) is 11.6 Å². The van der Waals surface area contributed by atoms with E-state index in [1.807, 2.05) is 0 Å². The zero-order valence-corrected chi connectivity index (χ0v) is 6.35. The van der Waals surface area contributed by atoms with Crippen molar-refractivity contribution in [3.63, 3.8) is 0 Å². The van der Waals surface area contributed by atoms with Gasteiger partial charge in [0.05, 0.1) is 0 Å². The van der Waals surface area contributed by atoms with Crippen molar-refractivity contribution in [2.75, 3.05) is 11.5 Å². The lowest BCUT2D eigenvalue weighted by Gasteiger charge is -2.02. The van der Waals surface area contributed by atoms with E-state index in [1.165, 1.54) is 0 Å². The van der Waals surface area contributed by atoms with Gasteiger partial charge in [0.1, 0.15) is 11.6 Å². The third-order valence-electron chi connectivity index (χ3n) is 1.19. The van der Waals surface area contributed by atoms with E-state index in [0.29, 0.717) is 16.4 Å². The number of hydrogen-bond acceptors (Lipinski definition) is 4. The maximum atomic E-state index is 5.50. The van der Waals surface area contributed by atoms with Gasteiger partial charge in [0, 0.05) is 13.1 Å². The van der Waals surface area contributed by atoms with Crippen molar-refractivity contribution in [2.24, 2.45) is 7.05 Å². The van der Waals surface area contributed by atoms with Crippen LogP contribution in [0.3, 0.4) is 0 Å². The minimum absolute atomic E-state index is 0.362. The van der Waals surface area contributed by atoms with Gasteiger partial charge in [-0.05, 0) is 12.2 Å². The predicted molar refractivity (Wildman–Crippen MR) is 42.9 cm³/mol. The van der Waals surface area contributed by atoms with Crippen LogP contribution >= 0.6 is 12.2 Å². The third kappa shape index (κ3) is 1.08. The number of aromatic nitrogens is 2. The first kappa shape index (κ1) is 7.01. The lowest BCUT2D eigenvalue weighted by molar-refractivity contribution is 0.861. The smallest absolute Gasteiger partial charge is 0.202 e. The standard InChI is InChI=1S/C5H8N4S/c1-9-4(7)2-3(6)8-5(9)10/h2H,7H2,1H3,(H2,6,8,10). The van der Waals surface area contributed by atoms with Crippen LogP contribution in [-0.2, 0) is 7.05 Å². The summed E-state index contributed by atoms with van der Waals surface area (Å²) in [5.41, 5.74) is 10.9. The van der Waals surface area contributed by atoms with Crippen LogP contribution in [0.5, 0.6) is 0 Å². The summed E-state index contributed by atoms with van der Waals surface area (Å²) in [7, 11) is 1.74. The Kier molecular flexibility index (Phi) is 1.58. The highest BCUT2D eigenvalue weighted by molar-refractivity contribution is 7.71. The van der Waals surface area contributed by atoms with E-state index in [2.05, 4.69) is 4.98 Å². The highest BCUT2D eigenvalue weighted by Gasteiger charge is 1.93. The minimum atomic E-state index is 0.362. The van der Waals surface area contributed by atoms with Gasteiger partial charge in [-0.1, -0.05) is 0 Å². The van der Waals surface area contributed by atoms with Crippen molar-refractivity contribution in [1.82, 2.24) is 9.55 Å². The molecule has 0 aromatic carbocycles. The monoisotopic (exact) mass is 156 g/mol. The molecule has 4 nitrogen and oxygen atoms in total. The van der Waals surface area contributed by atoms with Gasteiger partial charge in [0.2, 0.25) is 4.77 Å². The number of nitrogens with zero attached hydrogens (tertiary/aromatic N) is 2. The van der Waals surface area contributed by atoms with Crippen LogP contribution in [0.25, 0.3) is 0 Å². The molecule has 4 N–H and O–H groups in total. The molecule has 0 aliphatic heterocycles. The predicted octanol–water partition coefficient (Wildman–Crippen LogP) is 0.314. The zero-order chi connectivity index (χ0) is 7.72. The zero-order valence-electron chi connectivity index (χ0n) is 5.53. The van der Waals surface area contributed by atoms with Crippen molar-refractivity contribution in [2.45, 2.75) is 0 Å². The van der Waals surface area contributed by atoms with Crippen LogP contribution in [0, 0.1) is 4.77 Å². The van der Waals surface area contributed by atoms with E-state index in [4.69, 9.17) is 23.7 Å². The maximum absolute atomic E-state index is 5.50. The largest absolute Gasteiger partial charge is 0.385 e. The summed E-state index contributed by atoms with van der Waals surface area (Å²) in [5, 5.41) is 0. The lowest BCUT2D eigenvalue weighted by Crippen LogP contribution is -2.05. The molecular weight excluding hydrogens is 148 g/mol. The molecule has 0 unspecified atom stereocenters. The summed E-state index contributed by atoms with van der Waals surface area (Å²) in [6.07, 6.45) is 0. The molecule has 0 bridgehead atoms. The van der Waals surface area contributed by atoms with Crippen molar-refractivity contribution in [3.8, 4) is 0 Å². The summed E-state index contributed by atoms with van der Waals surface area (Å²) in [6, 6.07) is 1.57. The molecule has 0 fully saturated rings. The van der Waals surface area contributed by atoms with E-state index in [0.717, 1.165) is 0 Å². The number of nitrogens with two attached hydrogens (primary N) is 2. The Labute approximate surface area is 63.5 Å². The molecule has 10 heavy (non-hydrogen) atoms. The number of hydrogen-bond donors (Lipinski definition) is 2. The van der Waals surface area contributed by atoms with E-state index < -0.39 is 0 Å². The van der Waals surface area contributed by atoms with Gasteiger partial charge in [0.25, 0.3) is 0 Å². The first-order chi connectivity index (χ1) is 4.61. The van der Waals surface area contributed by atoms with E-state index >= 15 is 0 Å². The molecule has 0 saturated heterocycles. The highest BCUT2D eigenvalue weighted by Crippen LogP contribution is 2.04. The second-order valence-corrected chi connectivity index (χ2v) is 2.31. The van der Waals surface area contributed by atoms with Crippen molar-refractivity contribution in [3.05, 3.63) is 10.8 Å². The van der Waals surface area contributed by atoms with Gasteiger partial charge in [-0.25, -0.2) is 4.98 Å². The molecule has 54 valence electrons. The van der Waals surface area contributed by atoms with Gasteiger partial charge in [-0.15, -0.1) is 0 Å². The van der Waals surface area contributed by atoms with Gasteiger partial charge in [0.15, 0.2) is 0 Å². The van der Waals surface area contributed by atoms with Crippen molar-refractivity contribution >= 4 is 23.9 Å². The molecule has 0 aliphatic carbocycles. The van der Waals surface area contributed by atoms with Crippen LogP contribution in [0.2, 0.25) is 0 Å². The molecule has 1 rings (SSSR count). The summed E-state index contributed by atoms with van der Waals surface area (Å²) < 4.78 is 1.99. The Balaban J connectivity index is 3.46. The Morgan fingerprint density at radius 2 is 2.20 bits per heavy atom. The molecule has 1 aromatic heterocycles. The summed E-state index contributed by atoms with van der Waals surface area (Å²) in [5.74, 6) is 0.887. The normalized spacial score (nSPS) is 9.70. The molecule has 0 aliphatic rings. The number of anilines is 2. The van der Waals surface area contributed by atoms with Crippen LogP contribution in [-0.4, -0.2) is 9.55 Å². The molecule has 1 heterocycles.